The largest absolute Gasteiger partial charge is 0.506 e. The zero-order valence-corrected chi connectivity index (χ0v) is 11.0. The van der Waals surface area contributed by atoms with E-state index in [2.05, 4.69) is 11.1 Å². The number of pyridine rings is 1. The average Bonchev–Trinajstić information content (AvgIpc) is 2.48. The van der Waals surface area contributed by atoms with Gasteiger partial charge in [-0.2, -0.15) is 5.26 Å². The van der Waals surface area contributed by atoms with Gasteiger partial charge in [0.05, 0.1) is 22.8 Å². The molecule has 0 aliphatic rings. The van der Waals surface area contributed by atoms with Crippen LogP contribution >= 0.6 is 0 Å². The molecule has 20 heavy (non-hydrogen) atoms. The van der Waals surface area contributed by atoms with Gasteiger partial charge in [-0.25, -0.2) is 4.98 Å². The number of aryl methyl sites for hydroxylation is 1. The highest BCUT2D eigenvalue weighted by Gasteiger charge is 2.04. The monoisotopic (exact) mass is 260 g/mol. The van der Waals surface area contributed by atoms with Gasteiger partial charge in [0.15, 0.2) is 0 Å². The summed E-state index contributed by atoms with van der Waals surface area (Å²) >= 11 is 0. The van der Waals surface area contributed by atoms with E-state index >= 15 is 0 Å². The lowest BCUT2D eigenvalue weighted by Crippen LogP contribution is -1.86. The van der Waals surface area contributed by atoms with Crippen molar-refractivity contribution in [3.05, 3.63) is 59.8 Å². The van der Waals surface area contributed by atoms with Crippen LogP contribution in [0.3, 0.4) is 0 Å². The Balaban J connectivity index is 2.12. The van der Waals surface area contributed by atoms with E-state index in [1.807, 2.05) is 30.3 Å². The van der Waals surface area contributed by atoms with Crippen LogP contribution in [-0.2, 0) is 0 Å². The Hall–Kier alpha value is -2.86. The lowest BCUT2D eigenvalue weighted by molar-refractivity contribution is 0.469. The molecule has 0 bridgehead atoms. The van der Waals surface area contributed by atoms with Crippen LogP contribution in [0.1, 0.15) is 11.3 Å². The number of hydrogen-bond acceptors (Lipinski definition) is 3. The number of nitriles is 1. The molecule has 0 amide bonds. The number of aromatic hydroxyl groups is 1. The van der Waals surface area contributed by atoms with Crippen molar-refractivity contribution in [2.75, 3.05) is 0 Å². The summed E-state index contributed by atoms with van der Waals surface area (Å²) in [6.45, 7) is 1.78. The van der Waals surface area contributed by atoms with Crippen molar-refractivity contribution in [3.63, 3.8) is 0 Å². The number of aromatic nitrogens is 1. The molecule has 0 atom stereocenters. The molecule has 3 rings (SSSR count). The zero-order chi connectivity index (χ0) is 14.1. The predicted octanol–water partition coefficient (Wildman–Crippen LogP) is 3.79. The summed E-state index contributed by atoms with van der Waals surface area (Å²) in [5.41, 5.74) is 4.20. The number of fused-ring (bicyclic) bond motifs is 1. The molecule has 0 spiro atoms. The minimum absolute atomic E-state index is 0.203. The first-order valence-corrected chi connectivity index (χ1v) is 6.28. The van der Waals surface area contributed by atoms with Crippen LogP contribution in [-0.4, -0.2) is 10.1 Å². The van der Waals surface area contributed by atoms with E-state index in [4.69, 9.17) is 5.26 Å². The molecule has 96 valence electrons. The molecule has 0 fully saturated rings. The molecule has 0 saturated carbocycles. The third-order valence-electron chi connectivity index (χ3n) is 3.33. The standard InChI is InChI=1S/C17H12N2O/c1-11-17(20)9-15-8-14(6-7-16(15)19-11)13-4-2-12(10-18)3-5-13/h2-9,20H,1H3. The summed E-state index contributed by atoms with van der Waals surface area (Å²) in [4.78, 5) is 4.34. The van der Waals surface area contributed by atoms with Gasteiger partial charge in [-0.15, -0.1) is 0 Å². The molecule has 3 aromatic rings. The maximum absolute atomic E-state index is 9.75. The lowest BCUT2D eigenvalue weighted by Gasteiger charge is -2.06. The van der Waals surface area contributed by atoms with Crippen LogP contribution in [0.2, 0.25) is 0 Å². The van der Waals surface area contributed by atoms with Gasteiger partial charge >= 0.3 is 0 Å². The Kier molecular flexibility index (Phi) is 2.85. The molecule has 3 nitrogen and oxygen atoms in total. The first-order chi connectivity index (χ1) is 9.67. The Bertz CT molecular complexity index is 830. The maximum atomic E-state index is 9.75. The first kappa shape index (κ1) is 12.2. The molecule has 2 aromatic carbocycles. The van der Waals surface area contributed by atoms with Crippen LogP contribution in [0, 0.1) is 18.3 Å². The van der Waals surface area contributed by atoms with Crippen LogP contribution in [0.5, 0.6) is 5.75 Å². The normalized spacial score (nSPS) is 10.4. The van der Waals surface area contributed by atoms with Crippen LogP contribution in [0.25, 0.3) is 22.0 Å². The second-order valence-electron chi connectivity index (χ2n) is 4.69. The summed E-state index contributed by atoms with van der Waals surface area (Å²) in [5, 5.41) is 19.5. The maximum Gasteiger partial charge on any atom is 0.137 e. The number of nitrogens with zero attached hydrogens (tertiary/aromatic N) is 2. The molecule has 1 heterocycles. The van der Waals surface area contributed by atoms with E-state index < -0.39 is 0 Å². The fourth-order valence-corrected chi connectivity index (χ4v) is 2.18. The van der Waals surface area contributed by atoms with Gasteiger partial charge in [0.2, 0.25) is 0 Å². The molecule has 3 heteroatoms. The van der Waals surface area contributed by atoms with Gasteiger partial charge in [-0.3, -0.25) is 0 Å². The number of rotatable bonds is 1. The molecule has 0 radical (unpaired) electrons. The van der Waals surface area contributed by atoms with Crippen molar-refractivity contribution >= 4 is 10.9 Å². The Labute approximate surface area is 116 Å². The van der Waals surface area contributed by atoms with Crippen LogP contribution in [0.4, 0.5) is 0 Å². The predicted molar refractivity (Wildman–Crippen MR) is 78.3 cm³/mol. The van der Waals surface area contributed by atoms with Gasteiger partial charge in [-0.1, -0.05) is 18.2 Å². The number of benzene rings is 2. The molecule has 0 aliphatic carbocycles. The van der Waals surface area contributed by atoms with Crippen LogP contribution in [0.15, 0.2) is 48.5 Å². The summed E-state index contributed by atoms with van der Waals surface area (Å²) in [7, 11) is 0. The highest BCUT2D eigenvalue weighted by Crippen LogP contribution is 2.27. The van der Waals surface area contributed by atoms with E-state index in [9.17, 15) is 5.11 Å². The molecular formula is C17H12N2O. The topological polar surface area (TPSA) is 56.9 Å². The quantitative estimate of drug-likeness (QED) is 0.724. The highest BCUT2D eigenvalue weighted by atomic mass is 16.3. The van der Waals surface area contributed by atoms with Crippen molar-refractivity contribution < 1.29 is 5.11 Å². The minimum Gasteiger partial charge on any atom is -0.506 e. The van der Waals surface area contributed by atoms with Gasteiger partial charge in [0.1, 0.15) is 5.75 Å². The molecule has 1 aromatic heterocycles. The summed E-state index contributed by atoms with van der Waals surface area (Å²) < 4.78 is 0. The number of hydrogen-bond donors (Lipinski definition) is 1. The Morgan fingerprint density at radius 3 is 2.40 bits per heavy atom. The van der Waals surface area contributed by atoms with E-state index in [1.54, 1.807) is 25.1 Å². The van der Waals surface area contributed by atoms with Crippen molar-refractivity contribution in [1.29, 1.82) is 5.26 Å². The fraction of sp³-hybridized carbons (Fsp3) is 0.0588. The van der Waals surface area contributed by atoms with Crippen molar-refractivity contribution in [2.45, 2.75) is 6.92 Å². The van der Waals surface area contributed by atoms with Crippen molar-refractivity contribution in [1.82, 2.24) is 4.98 Å². The van der Waals surface area contributed by atoms with Gasteiger partial charge in [0, 0.05) is 5.39 Å². The summed E-state index contributed by atoms with van der Waals surface area (Å²) in [6.07, 6.45) is 0. The van der Waals surface area contributed by atoms with E-state index in [0.29, 0.717) is 11.3 Å². The average molecular weight is 260 g/mol. The Morgan fingerprint density at radius 2 is 1.70 bits per heavy atom. The molecule has 1 N–H and O–H groups in total. The molecule has 0 unspecified atom stereocenters. The van der Waals surface area contributed by atoms with Gasteiger partial charge < -0.3 is 5.11 Å². The second kappa shape index (κ2) is 4.67. The van der Waals surface area contributed by atoms with E-state index in [1.165, 1.54) is 0 Å². The Morgan fingerprint density at radius 1 is 1.00 bits per heavy atom. The second-order valence-corrected chi connectivity index (χ2v) is 4.69. The van der Waals surface area contributed by atoms with E-state index in [-0.39, 0.29) is 5.75 Å². The van der Waals surface area contributed by atoms with Crippen LogP contribution < -0.4 is 0 Å². The molecule has 0 aliphatic heterocycles. The third kappa shape index (κ3) is 2.08. The first-order valence-electron chi connectivity index (χ1n) is 6.28. The third-order valence-corrected chi connectivity index (χ3v) is 3.33. The SMILES string of the molecule is Cc1nc2ccc(-c3ccc(C#N)cc3)cc2cc1O. The summed E-state index contributed by atoms with van der Waals surface area (Å²) in [6, 6.07) is 17.2. The van der Waals surface area contributed by atoms with Crippen molar-refractivity contribution in [2.24, 2.45) is 0 Å². The highest BCUT2D eigenvalue weighted by molar-refractivity contribution is 5.85. The zero-order valence-electron chi connectivity index (χ0n) is 11.0. The fourth-order valence-electron chi connectivity index (χ4n) is 2.18. The summed E-state index contributed by atoms with van der Waals surface area (Å²) in [5.74, 6) is 0.203. The van der Waals surface area contributed by atoms with Gasteiger partial charge in [-0.05, 0) is 48.4 Å². The lowest BCUT2D eigenvalue weighted by atomic mass is 10.0. The molecule has 0 saturated heterocycles. The van der Waals surface area contributed by atoms with Gasteiger partial charge in [0.25, 0.3) is 0 Å². The van der Waals surface area contributed by atoms with E-state index in [0.717, 1.165) is 22.0 Å². The minimum atomic E-state index is 0.203. The molecular weight excluding hydrogens is 248 g/mol. The van der Waals surface area contributed by atoms with Crippen molar-refractivity contribution in [3.8, 4) is 22.9 Å². The smallest absolute Gasteiger partial charge is 0.137 e.